The first-order valence-corrected chi connectivity index (χ1v) is 5.56. The Hall–Kier alpha value is -1.22. The second-order valence-corrected chi connectivity index (χ2v) is 4.37. The number of methoxy groups -OCH3 is 1. The van der Waals surface area contributed by atoms with Gasteiger partial charge in [0.25, 0.3) is 5.56 Å². The number of halogens is 4. The van der Waals surface area contributed by atoms with Gasteiger partial charge >= 0.3 is 6.18 Å². The van der Waals surface area contributed by atoms with Crippen LogP contribution in [0.15, 0.2) is 14.3 Å². The Morgan fingerprint density at radius 1 is 1.50 bits per heavy atom. The number of aliphatic imine (C=N–C) groups is 1. The van der Waals surface area contributed by atoms with Crippen LogP contribution in [0.2, 0.25) is 0 Å². The van der Waals surface area contributed by atoms with E-state index in [2.05, 4.69) is 25.9 Å². The molecule has 0 bridgehead atoms. The molecule has 1 aromatic heterocycles. The van der Waals surface area contributed by atoms with E-state index in [1.165, 1.54) is 7.11 Å². The highest BCUT2D eigenvalue weighted by Crippen LogP contribution is 2.33. The summed E-state index contributed by atoms with van der Waals surface area (Å²) in [5, 5.41) is 0. The number of fused-ring (bicyclic) bond motifs is 1. The molecular formula is C9H7BrF3N3O2. The van der Waals surface area contributed by atoms with E-state index >= 15 is 0 Å². The fraction of sp³-hybridized carbons (Fsp3) is 0.444. The van der Waals surface area contributed by atoms with Gasteiger partial charge in [0, 0.05) is 7.11 Å². The first-order valence-electron chi connectivity index (χ1n) is 4.77. The molecule has 0 radical (unpaired) electrons. The van der Waals surface area contributed by atoms with Crippen molar-refractivity contribution in [1.29, 1.82) is 0 Å². The monoisotopic (exact) mass is 325 g/mol. The Morgan fingerprint density at radius 2 is 2.17 bits per heavy atom. The molecule has 98 valence electrons. The molecule has 0 unspecified atom stereocenters. The van der Waals surface area contributed by atoms with Crippen molar-refractivity contribution in [3.8, 4) is 0 Å². The molecule has 0 aliphatic carbocycles. The molecule has 5 nitrogen and oxygen atoms in total. The molecule has 1 aliphatic heterocycles. The van der Waals surface area contributed by atoms with E-state index in [0.717, 1.165) is 4.57 Å². The molecule has 18 heavy (non-hydrogen) atoms. The van der Waals surface area contributed by atoms with Crippen LogP contribution in [-0.4, -0.2) is 29.0 Å². The number of hydrogen-bond acceptors (Lipinski definition) is 4. The van der Waals surface area contributed by atoms with Crippen molar-refractivity contribution in [2.75, 3.05) is 13.7 Å². The maximum absolute atomic E-state index is 12.6. The van der Waals surface area contributed by atoms with E-state index in [0.29, 0.717) is 5.71 Å². The Kier molecular flexibility index (Phi) is 3.28. The zero-order chi connectivity index (χ0) is 13.5. The lowest BCUT2D eigenvalue weighted by Gasteiger charge is -2.09. The molecule has 0 saturated heterocycles. The lowest BCUT2D eigenvalue weighted by atomic mass is 10.4. The maximum atomic E-state index is 12.6. The number of nitrogens with zero attached hydrogens (tertiary/aromatic N) is 3. The third kappa shape index (κ3) is 2.19. The zero-order valence-corrected chi connectivity index (χ0v) is 10.7. The highest BCUT2D eigenvalue weighted by Gasteiger charge is 2.38. The van der Waals surface area contributed by atoms with Gasteiger partial charge in [-0.1, -0.05) is 0 Å². The van der Waals surface area contributed by atoms with Crippen molar-refractivity contribution in [3.05, 3.63) is 20.5 Å². The molecule has 0 amide bonds. The topological polar surface area (TPSA) is 56.5 Å². The molecule has 0 spiro atoms. The number of alkyl halides is 3. The van der Waals surface area contributed by atoms with Gasteiger partial charge in [-0.15, -0.1) is 0 Å². The number of ether oxygens (including phenoxy) is 1. The van der Waals surface area contributed by atoms with Gasteiger partial charge in [0.1, 0.15) is 4.47 Å². The van der Waals surface area contributed by atoms with Crippen LogP contribution in [0.25, 0.3) is 0 Å². The van der Waals surface area contributed by atoms with Gasteiger partial charge in [-0.2, -0.15) is 13.2 Å². The molecule has 2 rings (SSSR count). The van der Waals surface area contributed by atoms with E-state index in [9.17, 15) is 18.0 Å². The van der Waals surface area contributed by atoms with Crippen molar-refractivity contribution < 1.29 is 17.9 Å². The van der Waals surface area contributed by atoms with Crippen LogP contribution in [0.5, 0.6) is 0 Å². The highest BCUT2D eigenvalue weighted by molar-refractivity contribution is 9.10. The Morgan fingerprint density at radius 3 is 2.72 bits per heavy atom. The summed E-state index contributed by atoms with van der Waals surface area (Å²) < 4.78 is 43.2. The second kappa shape index (κ2) is 4.47. The Balaban J connectivity index is 2.55. The summed E-state index contributed by atoms with van der Waals surface area (Å²) in [5.74, 6) is -0.248. The predicted molar refractivity (Wildman–Crippen MR) is 60.2 cm³/mol. The van der Waals surface area contributed by atoms with Crippen LogP contribution in [0.3, 0.4) is 0 Å². The Bertz CT molecular complexity index is 580. The minimum atomic E-state index is -4.70. The third-order valence-electron chi connectivity index (χ3n) is 2.27. The second-order valence-electron chi connectivity index (χ2n) is 3.57. The molecule has 0 aromatic carbocycles. The molecular weight excluding hydrogens is 319 g/mol. The predicted octanol–water partition coefficient (Wildman–Crippen LogP) is 1.76. The summed E-state index contributed by atoms with van der Waals surface area (Å²) in [6.45, 7) is 0.230. The minimum absolute atomic E-state index is 0.0890. The SMILES string of the molecule is COCC1=Nc2nc(C(F)(F)F)c(Br)c(=O)n2C1. The lowest BCUT2D eigenvalue weighted by molar-refractivity contribution is -0.141. The van der Waals surface area contributed by atoms with Crippen LogP contribution >= 0.6 is 15.9 Å². The van der Waals surface area contributed by atoms with Crippen LogP contribution in [0, 0.1) is 0 Å². The molecule has 1 aromatic rings. The van der Waals surface area contributed by atoms with Crippen molar-refractivity contribution in [2.24, 2.45) is 4.99 Å². The van der Waals surface area contributed by atoms with Crippen LogP contribution in [-0.2, 0) is 17.5 Å². The summed E-state index contributed by atoms with van der Waals surface area (Å²) in [6.07, 6.45) is -4.70. The van der Waals surface area contributed by atoms with Gasteiger partial charge < -0.3 is 4.74 Å². The molecule has 9 heteroatoms. The maximum Gasteiger partial charge on any atom is 0.434 e. The number of rotatable bonds is 2. The average Bonchev–Trinajstić information content (AvgIpc) is 2.65. The minimum Gasteiger partial charge on any atom is -0.379 e. The van der Waals surface area contributed by atoms with E-state index < -0.39 is 21.9 Å². The summed E-state index contributed by atoms with van der Waals surface area (Å²) in [7, 11) is 1.43. The van der Waals surface area contributed by atoms with Crippen molar-refractivity contribution in [3.63, 3.8) is 0 Å². The first-order chi connectivity index (χ1) is 8.34. The van der Waals surface area contributed by atoms with Gasteiger partial charge in [0.15, 0.2) is 5.69 Å². The smallest absolute Gasteiger partial charge is 0.379 e. The standard InChI is InChI=1S/C9H7BrF3N3O2/c1-18-3-4-2-16-7(17)5(10)6(9(11,12)13)15-8(16)14-4/h2-3H2,1H3. The normalized spacial score (nSPS) is 14.6. The zero-order valence-electron chi connectivity index (χ0n) is 9.08. The molecule has 0 atom stereocenters. The lowest BCUT2D eigenvalue weighted by Crippen LogP contribution is -2.26. The molecule has 0 N–H and O–H groups in total. The number of hydrogen-bond donors (Lipinski definition) is 0. The van der Waals surface area contributed by atoms with Crippen LogP contribution < -0.4 is 5.56 Å². The first kappa shape index (κ1) is 13.2. The molecule has 0 fully saturated rings. The van der Waals surface area contributed by atoms with Gasteiger partial charge in [-0.25, -0.2) is 9.98 Å². The van der Waals surface area contributed by atoms with Crippen LogP contribution in [0.4, 0.5) is 19.1 Å². The van der Waals surface area contributed by atoms with Crippen molar-refractivity contribution in [2.45, 2.75) is 12.7 Å². The third-order valence-corrected chi connectivity index (χ3v) is 2.99. The van der Waals surface area contributed by atoms with Crippen molar-refractivity contribution >= 4 is 27.6 Å². The van der Waals surface area contributed by atoms with E-state index in [1.807, 2.05) is 0 Å². The van der Waals surface area contributed by atoms with Gasteiger partial charge in [-0.3, -0.25) is 9.36 Å². The average molecular weight is 326 g/mol. The van der Waals surface area contributed by atoms with E-state index in [-0.39, 0.29) is 19.1 Å². The summed E-state index contributed by atoms with van der Waals surface area (Å²) in [5.41, 5.74) is -1.61. The van der Waals surface area contributed by atoms with E-state index in [1.54, 1.807) is 0 Å². The van der Waals surface area contributed by atoms with Crippen LogP contribution in [0.1, 0.15) is 5.69 Å². The van der Waals surface area contributed by atoms with Gasteiger partial charge in [0.2, 0.25) is 5.95 Å². The summed E-state index contributed by atoms with van der Waals surface area (Å²) in [4.78, 5) is 18.9. The van der Waals surface area contributed by atoms with Gasteiger partial charge in [0.05, 0.1) is 18.9 Å². The van der Waals surface area contributed by atoms with Crippen molar-refractivity contribution in [1.82, 2.24) is 9.55 Å². The molecule has 1 aliphatic rings. The highest BCUT2D eigenvalue weighted by atomic mass is 79.9. The summed E-state index contributed by atoms with van der Waals surface area (Å²) in [6, 6.07) is 0. The van der Waals surface area contributed by atoms with E-state index in [4.69, 9.17) is 4.74 Å². The molecule has 0 saturated carbocycles. The number of aromatic nitrogens is 2. The summed E-state index contributed by atoms with van der Waals surface area (Å²) >= 11 is 2.63. The molecule has 2 heterocycles. The fourth-order valence-electron chi connectivity index (χ4n) is 1.54. The Labute approximate surface area is 107 Å². The van der Waals surface area contributed by atoms with Gasteiger partial charge in [-0.05, 0) is 15.9 Å². The quantitative estimate of drug-likeness (QED) is 0.832. The fourth-order valence-corrected chi connectivity index (χ4v) is 2.07. The largest absolute Gasteiger partial charge is 0.434 e.